The van der Waals surface area contributed by atoms with Crippen molar-refractivity contribution in [1.29, 1.82) is 0 Å². The number of carbonyl (C=O) groups is 1. The molecule has 1 heterocycles. The van der Waals surface area contributed by atoms with Gasteiger partial charge in [-0.15, -0.1) is 5.10 Å². The van der Waals surface area contributed by atoms with Crippen LogP contribution in [-0.4, -0.2) is 41.2 Å². The lowest BCUT2D eigenvalue weighted by Crippen LogP contribution is -2.26. The number of nitrogens with zero attached hydrogens (tertiary/aromatic N) is 3. The zero-order chi connectivity index (χ0) is 20.8. The predicted octanol–water partition coefficient (Wildman–Crippen LogP) is 3.50. The summed E-state index contributed by atoms with van der Waals surface area (Å²) in [6, 6.07) is 11.7. The van der Waals surface area contributed by atoms with E-state index in [9.17, 15) is 13.6 Å². The number of halogens is 3. The van der Waals surface area contributed by atoms with Crippen molar-refractivity contribution in [2.75, 3.05) is 13.7 Å². The number of para-hydroxylation sites is 1. The molecule has 1 aromatic heterocycles. The number of benzene rings is 2. The first-order chi connectivity index (χ1) is 14.0. The Balaban J connectivity index is 1.60. The average molecular weight is 423 g/mol. The molecule has 2 aromatic carbocycles. The third kappa shape index (κ3) is 5.20. The van der Waals surface area contributed by atoms with E-state index in [1.807, 2.05) is 0 Å². The van der Waals surface area contributed by atoms with Crippen LogP contribution < -0.4 is 14.8 Å². The Hall–Kier alpha value is -3.20. The van der Waals surface area contributed by atoms with Gasteiger partial charge in [0.1, 0.15) is 0 Å². The molecule has 0 saturated heterocycles. The van der Waals surface area contributed by atoms with Gasteiger partial charge in [0.25, 0.3) is 5.91 Å². The number of amides is 1. The zero-order valence-electron chi connectivity index (χ0n) is 15.3. The first-order valence-electron chi connectivity index (χ1n) is 8.55. The minimum absolute atomic E-state index is 0.0611. The fraction of sp³-hybridized carbons (Fsp3) is 0.211. The molecule has 0 bridgehead atoms. The monoisotopic (exact) mass is 422 g/mol. The second-order valence-corrected chi connectivity index (χ2v) is 6.28. The SMILES string of the molecule is COc1ccc(CCNC(=O)c2cn(-c3ccccc3Cl)nn2)cc1OC(F)F. The Labute approximate surface area is 170 Å². The van der Waals surface area contributed by atoms with E-state index in [1.54, 1.807) is 30.3 Å². The maximum Gasteiger partial charge on any atom is 0.387 e. The molecule has 0 radical (unpaired) electrons. The molecule has 152 valence electrons. The lowest BCUT2D eigenvalue weighted by molar-refractivity contribution is -0.0512. The summed E-state index contributed by atoms with van der Waals surface area (Å²) >= 11 is 6.11. The average Bonchev–Trinajstić information content (AvgIpc) is 3.18. The van der Waals surface area contributed by atoms with E-state index in [-0.39, 0.29) is 23.7 Å². The minimum Gasteiger partial charge on any atom is -0.493 e. The van der Waals surface area contributed by atoms with Crippen molar-refractivity contribution in [3.63, 3.8) is 0 Å². The van der Waals surface area contributed by atoms with Crippen LogP contribution in [0.4, 0.5) is 8.78 Å². The van der Waals surface area contributed by atoms with Gasteiger partial charge < -0.3 is 14.8 Å². The van der Waals surface area contributed by atoms with Gasteiger partial charge in [0, 0.05) is 6.54 Å². The summed E-state index contributed by atoms with van der Waals surface area (Å²) in [7, 11) is 1.36. The summed E-state index contributed by atoms with van der Waals surface area (Å²) in [5.41, 5.74) is 1.42. The fourth-order valence-corrected chi connectivity index (χ4v) is 2.82. The molecule has 10 heteroatoms. The van der Waals surface area contributed by atoms with Crippen LogP contribution in [0.2, 0.25) is 5.02 Å². The van der Waals surface area contributed by atoms with E-state index in [1.165, 1.54) is 30.1 Å². The first kappa shape index (κ1) is 20.5. The Morgan fingerprint density at radius 1 is 1.24 bits per heavy atom. The quantitative estimate of drug-likeness (QED) is 0.601. The van der Waals surface area contributed by atoms with Crippen molar-refractivity contribution in [2.24, 2.45) is 0 Å². The Kier molecular flexibility index (Phi) is 6.61. The van der Waals surface area contributed by atoms with Crippen LogP contribution in [0.3, 0.4) is 0 Å². The molecule has 0 aliphatic carbocycles. The topological polar surface area (TPSA) is 78.3 Å². The maximum absolute atomic E-state index is 12.5. The smallest absolute Gasteiger partial charge is 0.387 e. The van der Waals surface area contributed by atoms with Crippen molar-refractivity contribution in [3.8, 4) is 17.2 Å². The summed E-state index contributed by atoms with van der Waals surface area (Å²) in [6.07, 6.45) is 1.87. The molecule has 0 saturated carbocycles. The molecule has 0 atom stereocenters. The van der Waals surface area contributed by atoms with E-state index >= 15 is 0 Å². The third-order valence-corrected chi connectivity index (χ3v) is 4.29. The van der Waals surface area contributed by atoms with E-state index in [2.05, 4.69) is 20.4 Å². The zero-order valence-corrected chi connectivity index (χ0v) is 16.1. The lowest BCUT2D eigenvalue weighted by atomic mass is 10.1. The van der Waals surface area contributed by atoms with Crippen molar-refractivity contribution in [3.05, 3.63) is 64.9 Å². The normalized spacial score (nSPS) is 10.8. The van der Waals surface area contributed by atoms with Crippen LogP contribution in [0.5, 0.6) is 11.5 Å². The largest absolute Gasteiger partial charge is 0.493 e. The standard InChI is InChI=1S/C19H17ClF2N4O3/c1-28-16-7-6-12(10-17(16)29-19(21)22)8-9-23-18(27)14-11-26(25-24-14)15-5-3-2-4-13(15)20/h2-7,10-11,19H,8-9H2,1H3,(H,23,27). The van der Waals surface area contributed by atoms with Crippen LogP contribution in [0.1, 0.15) is 16.1 Å². The van der Waals surface area contributed by atoms with E-state index < -0.39 is 12.5 Å². The summed E-state index contributed by atoms with van der Waals surface area (Å²) in [5.74, 6) is -0.274. The number of hydrogen-bond donors (Lipinski definition) is 1. The van der Waals surface area contributed by atoms with Crippen LogP contribution >= 0.6 is 11.6 Å². The molecular weight excluding hydrogens is 406 g/mol. The summed E-state index contributed by atoms with van der Waals surface area (Å²) < 4.78 is 35.9. The number of hydrogen-bond acceptors (Lipinski definition) is 5. The molecule has 29 heavy (non-hydrogen) atoms. The molecule has 1 N–H and O–H groups in total. The summed E-state index contributed by atoms with van der Waals surface area (Å²) in [4.78, 5) is 12.3. The van der Waals surface area contributed by atoms with Crippen LogP contribution in [0.15, 0.2) is 48.7 Å². The van der Waals surface area contributed by atoms with E-state index in [0.717, 1.165) is 0 Å². The highest BCUT2D eigenvalue weighted by Gasteiger charge is 2.14. The molecule has 3 aromatic rings. The third-order valence-electron chi connectivity index (χ3n) is 3.97. The highest BCUT2D eigenvalue weighted by atomic mass is 35.5. The van der Waals surface area contributed by atoms with Crippen LogP contribution in [0.25, 0.3) is 5.69 Å². The van der Waals surface area contributed by atoms with E-state index in [4.69, 9.17) is 16.3 Å². The number of methoxy groups -OCH3 is 1. The summed E-state index contributed by atoms with van der Waals surface area (Å²) in [6.45, 7) is -2.70. The van der Waals surface area contributed by atoms with Crippen molar-refractivity contribution in [1.82, 2.24) is 20.3 Å². The van der Waals surface area contributed by atoms with Gasteiger partial charge in [0.15, 0.2) is 17.2 Å². The molecule has 0 fully saturated rings. The van der Waals surface area contributed by atoms with Crippen molar-refractivity contribution in [2.45, 2.75) is 13.0 Å². The second-order valence-electron chi connectivity index (χ2n) is 5.87. The Bertz CT molecular complexity index is 997. The van der Waals surface area contributed by atoms with Gasteiger partial charge in [-0.3, -0.25) is 4.79 Å². The molecule has 0 aliphatic heterocycles. The van der Waals surface area contributed by atoms with Crippen LogP contribution in [-0.2, 0) is 6.42 Å². The summed E-state index contributed by atoms with van der Waals surface area (Å²) in [5, 5.41) is 10.9. The number of alkyl halides is 2. The van der Waals surface area contributed by atoms with Gasteiger partial charge in [-0.2, -0.15) is 8.78 Å². The van der Waals surface area contributed by atoms with Crippen molar-refractivity contribution < 1.29 is 23.0 Å². The van der Waals surface area contributed by atoms with Crippen molar-refractivity contribution >= 4 is 17.5 Å². The molecule has 0 unspecified atom stereocenters. The van der Waals surface area contributed by atoms with E-state index in [0.29, 0.717) is 22.7 Å². The number of rotatable bonds is 8. The number of nitrogens with one attached hydrogen (secondary N) is 1. The number of aromatic nitrogens is 3. The highest BCUT2D eigenvalue weighted by molar-refractivity contribution is 6.32. The highest BCUT2D eigenvalue weighted by Crippen LogP contribution is 2.29. The Morgan fingerprint density at radius 2 is 2.03 bits per heavy atom. The number of ether oxygens (including phenoxy) is 2. The number of carbonyl (C=O) groups excluding carboxylic acids is 1. The molecule has 1 amide bonds. The molecule has 7 nitrogen and oxygen atoms in total. The van der Waals surface area contributed by atoms with Gasteiger partial charge in [0.05, 0.1) is 24.0 Å². The second kappa shape index (κ2) is 9.33. The van der Waals surface area contributed by atoms with Gasteiger partial charge >= 0.3 is 6.61 Å². The molecule has 0 spiro atoms. The van der Waals surface area contributed by atoms with Gasteiger partial charge in [-0.25, -0.2) is 4.68 Å². The lowest BCUT2D eigenvalue weighted by Gasteiger charge is -2.11. The van der Waals surface area contributed by atoms with Gasteiger partial charge in [-0.05, 0) is 36.2 Å². The molecular formula is C19H17ClF2N4O3. The molecule has 3 rings (SSSR count). The van der Waals surface area contributed by atoms with Gasteiger partial charge in [-0.1, -0.05) is 35.0 Å². The van der Waals surface area contributed by atoms with Crippen LogP contribution in [0, 0.1) is 0 Å². The fourth-order valence-electron chi connectivity index (χ4n) is 2.60. The maximum atomic E-state index is 12.5. The Morgan fingerprint density at radius 3 is 2.76 bits per heavy atom. The minimum atomic E-state index is -2.96. The van der Waals surface area contributed by atoms with Gasteiger partial charge in [0.2, 0.25) is 0 Å². The first-order valence-corrected chi connectivity index (χ1v) is 8.93. The molecule has 0 aliphatic rings. The predicted molar refractivity (Wildman–Crippen MR) is 102 cm³/mol.